The fourth-order valence-corrected chi connectivity index (χ4v) is 2.16. The van der Waals surface area contributed by atoms with Gasteiger partial charge >= 0.3 is 0 Å². The van der Waals surface area contributed by atoms with Crippen LogP contribution in [0.25, 0.3) is 0 Å². The maximum absolute atomic E-state index is 5.63. The van der Waals surface area contributed by atoms with E-state index in [1.807, 2.05) is 0 Å². The van der Waals surface area contributed by atoms with Crippen LogP contribution in [0.1, 0.15) is 46.0 Å². The van der Waals surface area contributed by atoms with Crippen LogP contribution >= 0.6 is 0 Å². The molecule has 0 aliphatic carbocycles. The Labute approximate surface area is 102 Å². The van der Waals surface area contributed by atoms with Crippen molar-refractivity contribution in [2.45, 2.75) is 46.0 Å². The Hall–Kier alpha value is -0.520. The van der Waals surface area contributed by atoms with E-state index in [0.717, 1.165) is 32.1 Å². The largest absolute Gasteiger partial charge is 0.330 e. The third-order valence-electron chi connectivity index (χ3n) is 3.12. The number of hydrogen-bond donors (Lipinski definition) is 1. The van der Waals surface area contributed by atoms with Crippen molar-refractivity contribution in [2.24, 2.45) is 11.7 Å². The molecule has 94 valence electrons. The van der Waals surface area contributed by atoms with Crippen LogP contribution in [0.4, 0.5) is 0 Å². The van der Waals surface area contributed by atoms with E-state index in [1.165, 1.54) is 32.1 Å². The van der Waals surface area contributed by atoms with E-state index >= 15 is 0 Å². The van der Waals surface area contributed by atoms with E-state index in [-0.39, 0.29) is 0 Å². The minimum Gasteiger partial charge on any atom is -0.330 e. The number of nitrogens with zero attached hydrogens (tertiary/aromatic N) is 1. The van der Waals surface area contributed by atoms with Gasteiger partial charge in [0, 0.05) is 0 Å². The predicted octanol–water partition coefficient (Wildman–Crippen LogP) is 2.49. The van der Waals surface area contributed by atoms with Gasteiger partial charge in [-0.1, -0.05) is 32.6 Å². The zero-order valence-corrected chi connectivity index (χ0v) is 11.0. The SMILES string of the molecule is C#CCN(CC)CCCC(CCC)CCN. The molecule has 0 aromatic rings. The molecule has 0 spiro atoms. The third-order valence-corrected chi connectivity index (χ3v) is 3.12. The summed E-state index contributed by atoms with van der Waals surface area (Å²) in [4.78, 5) is 2.32. The summed E-state index contributed by atoms with van der Waals surface area (Å²) in [5, 5.41) is 0. The van der Waals surface area contributed by atoms with Crippen LogP contribution in [0.2, 0.25) is 0 Å². The molecule has 0 rings (SSSR count). The van der Waals surface area contributed by atoms with Crippen LogP contribution in [0.5, 0.6) is 0 Å². The summed E-state index contributed by atoms with van der Waals surface area (Å²) < 4.78 is 0. The molecule has 2 heteroatoms. The minimum absolute atomic E-state index is 0.784. The maximum atomic E-state index is 5.63. The van der Waals surface area contributed by atoms with Gasteiger partial charge in [-0.3, -0.25) is 4.90 Å². The third kappa shape index (κ3) is 7.73. The van der Waals surface area contributed by atoms with Crippen molar-refractivity contribution in [1.29, 1.82) is 0 Å². The van der Waals surface area contributed by atoms with E-state index < -0.39 is 0 Å². The molecule has 0 aromatic carbocycles. The van der Waals surface area contributed by atoms with Crippen molar-refractivity contribution in [3.05, 3.63) is 0 Å². The van der Waals surface area contributed by atoms with Gasteiger partial charge in [0.15, 0.2) is 0 Å². The highest BCUT2D eigenvalue weighted by molar-refractivity contribution is 4.87. The Bertz CT molecular complexity index is 178. The summed E-state index contributed by atoms with van der Waals surface area (Å²) in [6.45, 7) is 8.21. The lowest BCUT2D eigenvalue weighted by Gasteiger charge is -2.20. The fraction of sp³-hybridized carbons (Fsp3) is 0.857. The van der Waals surface area contributed by atoms with Crippen molar-refractivity contribution in [3.63, 3.8) is 0 Å². The molecule has 0 aliphatic heterocycles. The molecule has 0 saturated carbocycles. The Balaban J connectivity index is 3.70. The highest BCUT2D eigenvalue weighted by atomic mass is 15.1. The number of rotatable bonds is 10. The molecular weight excluding hydrogens is 196 g/mol. The van der Waals surface area contributed by atoms with Crippen LogP contribution < -0.4 is 5.73 Å². The van der Waals surface area contributed by atoms with Crippen LogP contribution in [0.3, 0.4) is 0 Å². The number of hydrogen-bond acceptors (Lipinski definition) is 2. The highest BCUT2D eigenvalue weighted by Crippen LogP contribution is 2.17. The molecule has 2 nitrogen and oxygen atoms in total. The van der Waals surface area contributed by atoms with Gasteiger partial charge in [0.05, 0.1) is 6.54 Å². The molecule has 16 heavy (non-hydrogen) atoms. The second kappa shape index (κ2) is 11.0. The molecule has 0 heterocycles. The lowest BCUT2D eigenvalue weighted by molar-refractivity contribution is 0.296. The van der Waals surface area contributed by atoms with Gasteiger partial charge in [-0.05, 0) is 44.8 Å². The standard InChI is InChI=1S/C14H28N2/c1-4-8-14(10-11-15)9-7-13-16(6-3)12-5-2/h2,14H,4,6-13,15H2,1,3H3. The van der Waals surface area contributed by atoms with Crippen molar-refractivity contribution < 1.29 is 0 Å². The molecule has 0 saturated heterocycles. The Morgan fingerprint density at radius 2 is 2.00 bits per heavy atom. The van der Waals surface area contributed by atoms with E-state index in [2.05, 4.69) is 24.7 Å². The average Bonchev–Trinajstić information content (AvgIpc) is 2.28. The molecule has 0 radical (unpaired) electrons. The summed E-state index contributed by atoms with van der Waals surface area (Å²) in [7, 11) is 0. The van der Waals surface area contributed by atoms with Gasteiger partial charge in [0.1, 0.15) is 0 Å². The first-order chi connectivity index (χ1) is 7.78. The number of nitrogens with two attached hydrogens (primary N) is 1. The summed E-state index contributed by atoms with van der Waals surface area (Å²) in [6, 6.07) is 0. The van der Waals surface area contributed by atoms with Gasteiger partial charge in [-0.2, -0.15) is 0 Å². The van der Waals surface area contributed by atoms with E-state index in [0.29, 0.717) is 0 Å². The van der Waals surface area contributed by atoms with Gasteiger partial charge in [0.25, 0.3) is 0 Å². The second-order valence-corrected chi connectivity index (χ2v) is 4.45. The highest BCUT2D eigenvalue weighted by Gasteiger charge is 2.07. The van der Waals surface area contributed by atoms with Gasteiger partial charge < -0.3 is 5.73 Å². The van der Waals surface area contributed by atoms with E-state index in [9.17, 15) is 0 Å². The van der Waals surface area contributed by atoms with Crippen LogP contribution in [0.15, 0.2) is 0 Å². The molecule has 0 fully saturated rings. The van der Waals surface area contributed by atoms with E-state index in [1.54, 1.807) is 0 Å². The van der Waals surface area contributed by atoms with Crippen molar-refractivity contribution in [2.75, 3.05) is 26.2 Å². The molecule has 0 amide bonds. The van der Waals surface area contributed by atoms with Gasteiger partial charge in [-0.25, -0.2) is 0 Å². The van der Waals surface area contributed by atoms with E-state index in [4.69, 9.17) is 12.2 Å². The first-order valence-corrected chi connectivity index (χ1v) is 6.64. The smallest absolute Gasteiger partial charge is 0.0598 e. The molecule has 1 unspecified atom stereocenters. The number of terminal acetylenes is 1. The first kappa shape index (κ1) is 15.5. The Morgan fingerprint density at radius 1 is 1.25 bits per heavy atom. The van der Waals surface area contributed by atoms with Crippen LogP contribution in [-0.4, -0.2) is 31.1 Å². The zero-order valence-electron chi connectivity index (χ0n) is 11.0. The molecule has 2 N–H and O–H groups in total. The minimum atomic E-state index is 0.784. The summed E-state index contributed by atoms with van der Waals surface area (Å²) >= 11 is 0. The summed E-state index contributed by atoms with van der Waals surface area (Å²) in [5.74, 6) is 3.53. The summed E-state index contributed by atoms with van der Waals surface area (Å²) in [5.41, 5.74) is 5.63. The Morgan fingerprint density at radius 3 is 2.50 bits per heavy atom. The monoisotopic (exact) mass is 224 g/mol. The summed E-state index contributed by atoms with van der Waals surface area (Å²) in [6.07, 6.45) is 11.6. The lowest BCUT2D eigenvalue weighted by atomic mass is 9.94. The maximum Gasteiger partial charge on any atom is 0.0598 e. The van der Waals surface area contributed by atoms with Gasteiger partial charge in [-0.15, -0.1) is 6.42 Å². The normalized spacial score (nSPS) is 12.7. The lowest BCUT2D eigenvalue weighted by Crippen LogP contribution is -2.25. The second-order valence-electron chi connectivity index (χ2n) is 4.45. The van der Waals surface area contributed by atoms with Crippen molar-refractivity contribution in [3.8, 4) is 12.3 Å². The van der Waals surface area contributed by atoms with Crippen molar-refractivity contribution >= 4 is 0 Å². The molecular formula is C14H28N2. The van der Waals surface area contributed by atoms with Crippen LogP contribution in [0, 0.1) is 18.3 Å². The molecule has 0 aromatic heterocycles. The zero-order chi connectivity index (χ0) is 12.2. The van der Waals surface area contributed by atoms with Gasteiger partial charge in [0.2, 0.25) is 0 Å². The predicted molar refractivity (Wildman–Crippen MR) is 72.3 cm³/mol. The molecule has 0 bridgehead atoms. The average molecular weight is 224 g/mol. The quantitative estimate of drug-likeness (QED) is 0.578. The topological polar surface area (TPSA) is 29.3 Å². The molecule has 1 atom stereocenters. The Kier molecular flexibility index (Phi) is 10.6. The first-order valence-electron chi connectivity index (χ1n) is 6.64. The fourth-order valence-electron chi connectivity index (χ4n) is 2.16. The molecule has 0 aliphatic rings. The van der Waals surface area contributed by atoms with Crippen molar-refractivity contribution in [1.82, 2.24) is 4.90 Å². The van der Waals surface area contributed by atoms with Crippen LogP contribution in [-0.2, 0) is 0 Å².